The van der Waals surface area contributed by atoms with Crippen molar-refractivity contribution >= 4 is 0 Å². The van der Waals surface area contributed by atoms with Crippen LogP contribution in [0.3, 0.4) is 0 Å². The lowest BCUT2D eigenvalue weighted by Gasteiger charge is -2.26. The van der Waals surface area contributed by atoms with E-state index in [4.69, 9.17) is 10.2 Å². The summed E-state index contributed by atoms with van der Waals surface area (Å²) >= 11 is 0. The van der Waals surface area contributed by atoms with Crippen molar-refractivity contribution in [3.63, 3.8) is 0 Å². The minimum atomic E-state index is 0.166. The first kappa shape index (κ1) is 9.19. The minimum absolute atomic E-state index is 0.166. The molecule has 1 heterocycles. The third-order valence-corrected chi connectivity index (χ3v) is 3.19. The molecule has 0 aromatic carbocycles. The molecule has 1 unspecified atom stereocenters. The van der Waals surface area contributed by atoms with Gasteiger partial charge in [-0.05, 0) is 12.8 Å². The summed E-state index contributed by atoms with van der Waals surface area (Å²) in [7, 11) is 0. The Morgan fingerprint density at radius 3 is 2.69 bits per heavy atom. The van der Waals surface area contributed by atoms with Gasteiger partial charge in [0.1, 0.15) is 0 Å². The lowest BCUT2D eigenvalue weighted by molar-refractivity contribution is 0.119. The van der Waals surface area contributed by atoms with Crippen molar-refractivity contribution in [1.29, 1.82) is 0 Å². The zero-order valence-electron chi connectivity index (χ0n) is 7.82. The highest BCUT2D eigenvalue weighted by Gasteiger charge is 2.44. The summed E-state index contributed by atoms with van der Waals surface area (Å²) in [6, 6.07) is 0.184. The number of hydrogen-bond acceptors (Lipinski definition) is 3. The van der Waals surface area contributed by atoms with Crippen molar-refractivity contribution in [3.8, 4) is 0 Å². The maximum absolute atomic E-state index is 9.17. The summed E-state index contributed by atoms with van der Waals surface area (Å²) < 4.78 is 0. The normalized spacial score (nSPS) is 31.1. The molecule has 1 fully saturated rings. The Labute approximate surface area is 78.7 Å². The maximum Gasteiger partial charge on any atom is 0.0622 e. The fourth-order valence-corrected chi connectivity index (χ4v) is 1.94. The number of aliphatic hydroxyl groups is 2. The van der Waals surface area contributed by atoms with Crippen molar-refractivity contribution < 1.29 is 10.2 Å². The van der Waals surface area contributed by atoms with Crippen molar-refractivity contribution in [2.75, 3.05) is 26.3 Å². The summed E-state index contributed by atoms with van der Waals surface area (Å²) in [5, 5.41) is 18.2. The van der Waals surface area contributed by atoms with Crippen LogP contribution in [0.25, 0.3) is 0 Å². The van der Waals surface area contributed by atoms with Gasteiger partial charge in [0, 0.05) is 25.1 Å². The van der Waals surface area contributed by atoms with E-state index in [2.05, 4.69) is 11.0 Å². The van der Waals surface area contributed by atoms with E-state index in [9.17, 15) is 0 Å². The zero-order valence-corrected chi connectivity index (χ0v) is 7.82. The van der Waals surface area contributed by atoms with Crippen LogP contribution in [0.1, 0.15) is 12.8 Å². The number of rotatable bonds is 4. The second kappa shape index (κ2) is 3.40. The molecular formula is C10H17NO2. The first-order valence-electron chi connectivity index (χ1n) is 4.92. The summed E-state index contributed by atoms with van der Waals surface area (Å²) in [5.74, 6) is 0. The van der Waals surface area contributed by atoms with Gasteiger partial charge in [0.2, 0.25) is 0 Å². The van der Waals surface area contributed by atoms with E-state index in [1.54, 1.807) is 0 Å². The van der Waals surface area contributed by atoms with Crippen LogP contribution in [0.5, 0.6) is 0 Å². The molecule has 1 aliphatic heterocycles. The quantitative estimate of drug-likeness (QED) is 0.603. The van der Waals surface area contributed by atoms with Gasteiger partial charge in [0.25, 0.3) is 0 Å². The molecule has 1 atom stereocenters. The monoisotopic (exact) mass is 183 g/mol. The highest BCUT2D eigenvalue weighted by molar-refractivity contribution is 5.07. The molecule has 2 rings (SSSR count). The third kappa shape index (κ3) is 1.77. The lowest BCUT2D eigenvalue weighted by atomic mass is 10.1. The van der Waals surface area contributed by atoms with Crippen LogP contribution in [0.2, 0.25) is 0 Å². The lowest BCUT2D eigenvalue weighted by Crippen LogP contribution is -2.38. The molecule has 2 N–H and O–H groups in total. The molecule has 0 radical (unpaired) electrons. The predicted molar refractivity (Wildman–Crippen MR) is 50.3 cm³/mol. The van der Waals surface area contributed by atoms with Gasteiger partial charge >= 0.3 is 0 Å². The first-order chi connectivity index (χ1) is 6.29. The molecule has 0 amide bonds. The topological polar surface area (TPSA) is 43.7 Å². The smallest absolute Gasteiger partial charge is 0.0622 e. The van der Waals surface area contributed by atoms with E-state index in [0.717, 1.165) is 25.9 Å². The van der Waals surface area contributed by atoms with E-state index >= 15 is 0 Å². The number of nitrogens with zero attached hydrogens (tertiary/aromatic N) is 1. The standard InChI is InChI=1S/C10H17NO2/c12-6-9-2-1-5-11(9)7-10(8-13)3-4-10/h1-2,9,12-13H,3-8H2. The Morgan fingerprint density at radius 2 is 2.15 bits per heavy atom. The summed E-state index contributed by atoms with van der Waals surface area (Å²) in [4.78, 5) is 2.24. The van der Waals surface area contributed by atoms with Gasteiger partial charge in [-0.25, -0.2) is 0 Å². The Hall–Kier alpha value is -0.380. The van der Waals surface area contributed by atoms with Gasteiger partial charge < -0.3 is 10.2 Å². The van der Waals surface area contributed by atoms with Gasteiger partial charge in [-0.1, -0.05) is 12.2 Å². The van der Waals surface area contributed by atoms with Crippen molar-refractivity contribution in [1.82, 2.24) is 4.90 Å². The van der Waals surface area contributed by atoms with Gasteiger partial charge in [-0.15, -0.1) is 0 Å². The Morgan fingerprint density at radius 1 is 1.38 bits per heavy atom. The molecule has 1 aliphatic carbocycles. The number of hydrogen-bond donors (Lipinski definition) is 2. The SMILES string of the molecule is OCC1C=CCN1CC1(CO)CC1. The molecule has 0 aromatic heterocycles. The Bertz CT molecular complexity index is 211. The predicted octanol–water partition coefficient (Wildman–Crippen LogP) is -0.00840. The van der Waals surface area contributed by atoms with Crippen LogP contribution < -0.4 is 0 Å². The average molecular weight is 183 g/mol. The summed E-state index contributed by atoms with van der Waals surface area (Å²) in [5.41, 5.74) is 0.166. The molecule has 0 saturated heterocycles. The van der Waals surface area contributed by atoms with Crippen LogP contribution >= 0.6 is 0 Å². The fraction of sp³-hybridized carbons (Fsp3) is 0.800. The molecule has 0 spiro atoms. The first-order valence-corrected chi connectivity index (χ1v) is 4.92. The maximum atomic E-state index is 9.17. The van der Waals surface area contributed by atoms with E-state index in [1.807, 2.05) is 6.08 Å². The molecule has 3 heteroatoms. The van der Waals surface area contributed by atoms with Gasteiger partial charge in [-0.3, -0.25) is 4.90 Å². The van der Waals surface area contributed by atoms with Crippen molar-refractivity contribution in [3.05, 3.63) is 12.2 Å². The summed E-state index contributed by atoms with van der Waals surface area (Å²) in [6.07, 6.45) is 6.41. The third-order valence-electron chi connectivity index (χ3n) is 3.19. The van der Waals surface area contributed by atoms with E-state index in [-0.39, 0.29) is 18.1 Å². The van der Waals surface area contributed by atoms with Crippen LogP contribution in [0.15, 0.2) is 12.2 Å². The second-order valence-corrected chi connectivity index (χ2v) is 4.27. The molecular weight excluding hydrogens is 166 g/mol. The van der Waals surface area contributed by atoms with E-state index < -0.39 is 0 Å². The van der Waals surface area contributed by atoms with E-state index in [0.29, 0.717) is 6.61 Å². The minimum Gasteiger partial charge on any atom is -0.396 e. The van der Waals surface area contributed by atoms with Crippen LogP contribution in [-0.4, -0.2) is 47.5 Å². The van der Waals surface area contributed by atoms with Crippen LogP contribution in [0.4, 0.5) is 0 Å². The molecule has 2 aliphatic rings. The van der Waals surface area contributed by atoms with E-state index in [1.165, 1.54) is 0 Å². The highest BCUT2D eigenvalue weighted by Crippen LogP contribution is 2.46. The van der Waals surface area contributed by atoms with Crippen LogP contribution in [-0.2, 0) is 0 Å². The molecule has 0 bridgehead atoms. The second-order valence-electron chi connectivity index (χ2n) is 4.27. The van der Waals surface area contributed by atoms with Gasteiger partial charge in [0.05, 0.1) is 12.6 Å². The Kier molecular flexibility index (Phi) is 2.41. The number of aliphatic hydroxyl groups excluding tert-OH is 2. The van der Waals surface area contributed by atoms with Gasteiger partial charge in [0.15, 0.2) is 0 Å². The summed E-state index contributed by atoms with van der Waals surface area (Å²) in [6.45, 7) is 2.34. The average Bonchev–Trinajstić information content (AvgIpc) is 2.78. The molecule has 1 saturated carbocycles. The van der Waals surface area contributed by atoms with Crippen molar-refractivity contribution in [2.24, 2.45) is 5.41 Å². The molecule has 3 nitrogen and oxygen atoms in total. The van der Waals surface area contributed by atoms with Gasteiger partial charge in [-0.2, -0.15) is 0 Å². The molecule has 74 valence electrons. The highest BCUT2D eigenvalue weighted by atomic mass is 16.3. The fourth-order valence-electron chi connectivity index (χ4n) is 1.94. The molecule has 13 heavy (non-hydrogen) atoms. The molecule has 0 aromatic rings. The Balaban J connectivity index is 1.88. The van der Waals surface area contributed by atoms with Crippen LogP contribution in [0, 0.1) is 5.41 Å². The zero-order chi connectivity index (χ0) is 9.31. The van der Waals surface area contributed by atoms with Crippen molar-refractivity contribution in [2.45, 2.75) is 18.9 Å². The largest absolute Gasteiger partial charge is 0.396 e.